The molecule has 0 spiro atoms. The molecule has 0 saturated heterocycles. The zero-order chi connectivity index (χ0) is 25.7. The lowest BCUT2D eigenvalue weighted by Gasteiger charge is -2.31. The molecule has 0 bridgehead atoms. The summed E-state index contributed by atoms with van der Waals surface area (Å²) in [5.74, 6) is -1.48. The van der Waals surface area contributed by atoms with Crippen LogP contribution in [0.5, 0.6) is 0 Å². The lowest BCUT2D eigenvalue weighted by Crippen LogP contribution is -2.38. The van der Waals surface area contributed by atoms with E-state index in [0.29, 0.717) is 6.54 Å². The summed E-state index contributed by atoms with van der Waals surface area (Å²) in [5.41, 5.74) is 5.47. The maximum Gasteiger partial charge on any atom is 0.323 e. The zero-order valence-corrected chi connectivity index (χ0v) is 21.6. The Morgan fingerprint density at radius 3 is 2.57 bits per heavy atom. The van der Waals surface area contributed by atoms with Crippen molar-refractivity contribution in [2.24, 2.45) is 0 Å². The number of fused-ring (bicyclic) bond motifs is 5. The van der Waals surface area contributed by atoms with Crippen molar-refractivity contribution >= 4 is 28.7 Å². The Labute approximate surface area is 218 Å². The SMILES string of the molecule is CN(C)c1ccc([C@@H]2c3cccn3-c3sc4c(c3CN2C(=O)Nc2ccc(F)cc2F)CCCC4)cc1. The van der Waals surface area contributed by atoms with Crippen molar-refractivity contribution in [2.45, 2.75) is 38.3 Å². The second-order valence-electron chi connectivity index (χ2n) is 9.87. The topological polar surface area (TPSA) is 40.5 Å². The van der Waals surface area contributed by atoms with Crippen LogP contribution >= 0.6 is 11.3 Å². The number of nitrogens with zero attached hydrogens (tertiary/aromatic N) is 3. The molecule has 0 radical (unpaired) electrons. The average molecular weight is 519 g/mol. The lowest BCUT2D eigenvalue weighted by atomic mass is 9.95. The van der Waals surface area contributed by atoms with Gasteiger partial charge in [0.1, 0.15) is 16.6 Å². The number of carbonyl (C=O) groups is 1. The summed E-state index contributed by atoms with van der Waals surface area (Å²) in [6.45, 7) is 0.400. The zero-order valence-electron chi connectivity index (χ0n) is 20.8. The Bertz CT molecular complexity index is 1470. The number of hydrogen-bond acceptors (Lipinski definition) is 3. The molecule has 3 heterocycles. The summed E-state index contributed by atoms with van der Waals surface area (Å²) in [6, 6.07) is 14.6. The molecule has 0 saturated carbocycles. The van der Waals surface area contributed by atoms with E-state index in [1.54, 1.807) is 4.90 Å². The van der Waals surface area contributed by atoms with Gasteiger partial charge in [0.25, 0.3) is 0 Å². The van der Waals surface area contributed by atoms with E-state index in [-0.39, 0.29) is 5.69 Å². The predicted molar refractivity (Wildman–Crippen MR) is 144 cm³/mol. The molecule has 2 aromatic carbocycles. The van der Waals surface area contributed by atoms with Crippen LogP contribution in [-0.2, 0) is 19.4 Å². The van der Waals surface area contributed by atoms with Gasteiger partial charge in [-0.15, -0.1) is 11.3 Å². The van der Waals surface area contributed by atoms with Crippen LogP contribution in [0.3, 0.4) is 0 Å². The molecule has 2 aromatic heterocycles. The number of thiophene rings is 1. The first-order valence-corrected chi connectivity index (χ1v) is 13.3. The van der Waals surface area contributed by atoms with Crippen molar-refractivity contribution in [3.05, 3.63) is 99.7 Å². The van der Waals surface area contributed by atoms with Crippen LogP contribution in [0.4, 0.5) is 25.0 Å². The quantitative estimate of drug-likeness (QED) is 0.321. The Morgan fingerprint density at radius 2 is 1.81 bits per heavy atom. The van der Waals surface area contributed by atoms with Gasteiger partial charge in [-0.05, 0) is 73.2 Å². The minimum absolute atomic E-state index is 0.0414. The number of halogens is 2. The Kier molecular flexibility index (Phi) is 5.99. The molecular formula is C29H28F2N4OS. The number of anilines is 2. The van der Waals surface area contributed by atoms with Gasteiger partial charge in [0, 0.05) is 42.5 Å². The number of aryl methyl sites for hydroxylation is 1. The van der Waals surface area contributed by atoms with Crippen molar-refractivity contribution in [3.8, 4) is 5.00 Å². The van der Waals surface area contributed by atoms with Gasteiger partial charge < -0.3 is 19.7 Å². The highest BCUT2D eigenvalue weighted by molar-refractivity contribution is 7.15. The fraction of sp³-hybridized carbons (Fsp3) is 0.276. The molecule has 1 atom stereocenters. The van der Waals surface area contributed by atoms with E-state index < -0.39 is 23.7 Å². The molecule has 0 fully saturated rings. The standard InChI is InChI=1S/C29H28F2N4OS/c1-33(2)20-12-9-18(10-13-20)27-25-7-5-15-34(25)28-22(21-6-3-4-8-26(21)37-28)17-35(27)29(36)32-24-14-11-19(30)16-23(24)31/h5,7,9-16,27H,3-4,6,8,17H2,1-2H3,(H,32,36)/t27-/m1/s1. The lowest BCUT2D eigenvalue weighted by molar-refractivity contribution is 0.194. The second kappa shape index (κ2) is 9.34. The van der Waals surface area contributed by atoms with Gasteiger partial charge in [0.15, 0.2) is 0 Å². The van der Waals surface area contributed by atoms with Crippen LogP contribution in [0.15, 0.2) is 60.8 Å². The Morgan fingerprint density at radius 1 is 1.03 bits per heavy atom. The minimum Gasteiger partial charge on any atom is -0.378 e. The maximum atomic E-state index is 14.5. The largest absolute Gasteiger partial charge is 0.378 e. The Hall–Kier alpha value is -3.65. The summed E-state index contributed by atoms with van der Waals surface area (Å²) in [7, 11) is 3.98. The molecule has 0 unspecified atom stereocenters. The van der Waals surface area contributed by atoms with Gasteiger partial charge in [0.2, 0.25) is 0 Å². The molecular weight excluding hydrogens is 490 g/mol. The third kappa shape index (κ3) is 4.19. The van der Waals surface area contributed by atoms with Crippen LogP contribution in [-0.4, -0.2) is 29.6 Å². The number of carbonyl (C=O) groups excluding carboxylic acids is 1. The molecule has 37 heavy (non-hydrogen) atoms. The van der Waals surface area contributed by atoms with E-state index in [9.17, 15) is 13.6 Å². The van der Waals surface area contributed by atoms with Crippen LogP contribution in [0.2, 0.25) is 0 Å². The van der Waals surface area contributed by atoms with E-state index in [4.69, 9.17) is 0 Å². The molecule has 6 rings (SSSR count). The fourth-order valence-electron chi connectivity index (χ4n) is 5.47. The summed E-state index contributed by atoms with van der Waals surface area (Å²) in [4.78, 5) is 19.1. The van der Waals surface area contributed by atoms with Gasteiger partial charge in [-0.25, -0.2) is 13.6 Å². The smallest absolute Gasteiger partial charge is 0.323 e. The first-order chi connectivity index (χ1) is 17.9. The minimum atomic E-state index is -0.799. The molecule has 8 heteroatoms. The molecule has 2 amide bonds. The summed E-state index contributed by atoms with van der Waals surface area (Å²) >= 11 is 1.82. The molecule has 190 valence electrons. The second-order valence-corrected chi connectivity index (χ2v) is 11.0. The van der Waals surface area contributed by atoms with E-state index in [1.165, 1.54) is 28.5 Å². The highest BCUT2D eigenvalue weighted by atomic mass is 32.1. The van der Waals surface area contributed by atoms with Crippen molar-refractivity contribution in [3.63, 3.8) is 0 Å². The third-order valence-electron chi connectivity index (χ3n) is 7.34. The number of rotatable bonds is 3. The van der Waals surface area contributed by atoms with Gasteiger partial charge in [-0.1, -0.05) is 12.1 Å². The molecule has 1 aliphatic carbocycles. The molecule has 1 N–H and O–H groups in total. The number of nitrogens with one attached hydrogen (secondary N) is 1. The summed E-state index contributed by atoms with van der Waals surface area (Å²) in [6.07, 6.45) is 6.45. The highest BCUT2D eigenvalue weighted by Gasteiger charge is 2.36. The van der Waals surface area contributed by atoms with Gasteiger partial charge in [-0.3, -0.25) is 0 Å². The van der Waals surface area contributed by atoms with E-state index in [0.717, 1.165) is 53.3 Å². The summed E-state index contributed by atoms with van der Waals surface area (Å²) < 4.78 is 30.3. The van der Waals surface area contributed by atoms with Crippen molar-refractivity contribution in [1.29, 1.82) is 0 Å². The van der Waals surface area contributed by atoms with Gasteiger partial charge >= 0.3 is 6.03 Å². The van der Waals surface area contributed by atoms with Crippen LogP contribution in [0, 0.1) is 11.6 Å². The summed E-state index contributed by atoms with van der Waals surface area (Å²) in [5, 5.41) is 3.88. The van der Waals surface area contributed by atoms with Crippen molar-refractivity contribution < 1.29 is 13.6 Å². The van der Waals surface area contributed by atoms with Gasteiger partial charge in [-0.2, -0.15) is 0 Å². The van der Waals surface area contributed by atoms with Crippen LogP contribution < -0.4 is 10.2 Å². The molecule has 5 nitrogen and oxygen atoms in total. The highest BCUT2D eigenvalue weighted by Crippen LogP contribution is 2.44. The van der Waals surface area contributed by atoms with E-state index in [1.807, 2.05) is 60.7 Å². The van der Waals surface area contributed by atoms with E-state index in [2.05, 4.69) is 22.1 Å². The van der Waals surface area contributed by atoms with Crippen LogP contribution in [0.25, 0.3) is 5.00 Å². The number of urea groups is 1. The van der Waals surface area contributed by atoms with Gasteiger partial charge in [0.05, 0.1) is 24.0 Å². The maximum absolute atomic E-state index is 14.5. The number of aromatic nitrogens is 1. The fourth-order valence-corrected chi connectivity index (χ4v) is 6.87. The number of hydrogen-bond donors (Lipinski definition) is 1. The van der Waals surface area contributed by atoms with E-state index >= 15 is 0 Å². The number of amides is 2. The first kappa shape index (κ1) is 23.7. The molecule has 1 aliphatic heterocycles. The van der Waals surface area contributed by atoms with Crippen LogP contribution in [0.1, 0.15) is 46.1 Å². The monoisotopic (exact) mass is 518 g/mol. The third-order valence-corrected chi connectivity index (χ3v) is 8.67. The average Bonchev–Trinajstić information content (AvgIpc) is 3.47. The predicted octanol–water partition coefficient (Wildman–Crippen LogP) is 6.90. The normalized spacial score (nSPS) is 16.4. The van der Waals surface area contributed by atoms with Crippen molar-refractivity contribution in [2.75, 3.05) is 24.3 Å². The first-order valence-electron chi connectivity index (χ1n) is 12.5. The molecule has 2 aliphatic rings. The molecule has 4 aromatic rings. The number of benzene rings is 2. The van der Waals surface area contributed by atoms with Crippen molar-refractivity contribution in [1.82, 2.24) is 9.47 Å². The Balaban J connectivity index is 1.48.